The number of rotatable bonds is 6. The molecule has 0 aromatic heterocycles. The molecule has 0 spiro atoms. The zero-order chi connectivity index (χ0) is 15.1. The highest BCUT2D eigenvalue weighted by atomic mass is 79.9. The number of hydrogen-bond donors (Lipinski definition) is 2. The Kier molecular flexibility index (Phi) is 5.81. The van der Waals surface area contributed by atoms with Crippen molar-refractivity contribution in [3.63, 3.8) is 0 Å². The lowest BCUT2D eigenvalue weighted by Crippen LogP contribution is -2.31. The number of halogens is 1. The van der Waals surface area contributed by atoms with E-state index in [1.54, 1.807) is 0 Å². The van der Waals surface area contributed by atoms with E-state index < -0.39 is 0 Å². The molecule has 0 heterocycles. The molecule has 3 nitrogen and oxygen atoms in total. The molecule has 0 aliphatic heterocycles. The maximum Gasteiger partial charge on any atom is 0.239 e. The van der Waals surface area contributed by atoms with Gasteiger partial charge in [-0.05, 0) is 36.6 Å². The first-order valence-electron chi connectivity index (χ1n) is 6.96. The maximum atomic E-state index is 11.8. The molecule has 0 unspecified atom stereocenters. The van der Waals surface area contributed by atoms with E-state index in [2.05, 4.69) is 38.7 Å². The van der Waals surface area contributed by atoms with Crippen molar-refractivity contribution in [3.05, 3.63) is 64.1 Å². The molecule has 0 radical (unpaired) electrons. The maximum absolute atomic E-state index is 11.8. The molecule has 2 N–H and O–H groups in total. The summed E-state index contributed by atoms with van der Waals surface area (Å²) in [4.78, 5) is 11.8. The summed E-state index contributed by atoms with van der Waals surface area (Å²) in [6, 6.07) is 16.1. The molecule has 0 saturated carbocycles. The van der Waals surface area contributed by atoms with Crippen LogP contribution in [0.4, 0.5) is 5.69 Å². The molecule has 110 valence electrons. The van der Waals surface area contributed by atoms with Gasteiger partial charge in [-0.1, -0.05) is 52.3 Å². The Morgan fingerprint density at radius 1 is 1.14 bits per heavy atom. The highest BCUT2D eigenvalue weighted by Crippen LogP contribution is 2.20. The van der Waals surface area contributed by atoms with Gasteiger partial charge in [-0.25, -0.2) is 0 Å². The van der Waals surface area contributed by atoms with Crippen molar-refractivity contribution in [1.29, 1.82) is 0 Å². The summed E-state index contributed by atoms with van der Waals surface area (Å²) in [5, 5.41) is 6.03. The molecule has 2 aromatic carbocycles. The number of hydrogen-bond acceptors (Lipinski definition) is 2. The molecule has 4 heteroatoms. The van der Waals surface area contributed by atoms with Gasteiger partial charge in [0.25, 0.3) is 0 Å². The summed E-state index contributed by atoms with van der Waals surface area (Å²) < 4.78 is 1.04. The summed E-state index contributed by atoms with van der Waals surface area (Å²) in [5.74, 6) is 0.00243. The number of benzene rings is 2. The Labute approximate surface area is 133 Å². The molecular formula is C17H19BrN2O. The molecule has 0 aliphatic rings. The molecular weight excluding hydrogens is 328 g/mol. The second-order valence-electron chi connectivity index (χ2n) is 4.90. The highest BCUT2D eigenvalue weighted by Gasteiger charge is 2.02. The predicted molar refractivity (Wildman–Crippen MR) is 90.5 cm³/mol. The van der Waals surface area contributed by atoms with Gasteiger partial charge in [-0.3, -0.25) is 4.79 Å². The molecule has 0 atom stereocenters. The van der Waals surface area contributed by atoms with Crippen LogP contribution in [-0.2, 0) is 11.2 Å². The normalized spacial score (nSPS) is 10.2. The summed E-state index contributed by atoms with van der Waals surface area (Å²) in [6.07, 6.45) is 0.850. The zero-order valence-corrected chi connectivity index (χ0v) is 13.6. The quantitative estimate of drug-likeness (QED) is 0.839. The minimum Gasteiger partial charge on any atom is -0.376 e. The zero-order valence-electron chi connectivity index (χ0n) is 12.0. The van der Waals surface area contributed by atoms with E-state index in [1.165, 1.54) is 11.1 Å². The Bertz CT molecular complexity index is 599. The molecule has 0 saturated heterocycles. The highest BCUT2D eigenvalue weighted by molar-refractivity contribution is 9.10. The fourth-order valence-corrected chi connectivity index (χ4v) is 2.32. The van der Waals surface area contributed by atoms with Crippen LogP contribution in [-0.4, -0.2) is 19.0 Å². The fraction of sp³-hybridized carbons (Fsp3) is 0.235. The van der Waals surface area contributed by atoms with Gasteiger partial charge in [-0.15, -0.1) is 0 Å². The van der Waals surface area contributed by atoms with Gasteiger partial charge in [0.05, 0.1) is 6.54 Å². The van der Waals surface area contributed by atoms with Gasteiger partial charge in [-0.2, -0.15) is 0 Å². The number of anilines is 1. The largest absolute Gasteiger partial charge is 0.376 e. The van der Waals surface area contributed by atoms with E-state index >= 15 is 0 Å². The third-order valence-electron chi connectivity index (χ3n) is 3.20. The summed E-state index contributed by atoms with van der Waals surface area (Å²) in [5.41, 5.74) is 3.34. The van der Waals surface area contributed by atoms with Gasteiger partial charge >= 0.3 is 0 Å². The van der Waals surface area contributed by atoms with Crippen LogP contribution in [0.2, 0.25) is 0 Å². The van der Waals surface area contributed by atoms with Crippen molar-refractivity contribution < 1.29 is 4.79 Å². The smallest absolute Gasteiger partial charge is 0.239 e. The molecule has 2 aromatic rings. The fourth-order valence-electron chi connectivity index (χ4n) is 1.94. The SMILES string of the molecule is Cc1ccc(NCC(=O)NCCc2ccccc2)cc1Br. The molecule has 2 rings (SSSR count). The van der Waals surface area contributed by atoms with Gasteiger partial charge in [0.2, 0.25) is 5.91 Å². The summed E-state index contributed by atoms with van der Waals surface area (Å²) in [7, 11) is 0. The third kappa shape index (κ3) is 5.23. The van der Waals surface area contributed by atoms with Crippen LogP contribution in [0.3, 0.4) is 0 Å². The van der Waals surface area contributed by atoms with E-state index in [1.807, 2.05) is 43.3 Å². The molecule has 1 amide bonds. The standard InChI is InChI=1S/C17H19BrN2O/c1-13-7-8-15(11-16(13)18)20-12-17(21)19-10-9-14-5-3-2-4-6-14/h2-8,11,20H,9-10,12H2,1H3,(H,19,21). The monoisotopic (exact) mass is 346 g/mol. The van der Waals surface area contributed by atoms with Crippen molar-refractivity contribution in [3.8, 4) is 0 Å². The van der Waals surface area contributed by atoms with Crippen molar-refractivity contribution in [1.82, 2.24) is 5.32 Å². The second kappa shape index (κ2) is 7.84. The first kappa shape index (κ1) is 15.6. The Balaban J connectivity index is 1.71. The van der Waals surface area contributed by atoms with Crippen LogP contribution < -0.4 is 10.6 Å². The lowest BCUT2D eigenvalue weighted by molar-refractivity contribution is -0.119. The van der Waals surface area contributed by atoms with Crippen LogP contribution in [0.1, 0.15) is 11.1 Å². The minimum atomic E-state index is 0.00243. The van der Waals surface area contributed by atoms with Crippen molar-refractivity contribution in [2.45, 2.75) is 13.3 Å². The lowest BCUT2D eigenvalue weighted by atomic mass is 10.1. The van der Waals surface area contributed by atoms with E-state index in [0.29, 0.717) is 6.54 Å². The van der Waals surface area contributed by atoms with Crippen LogP contribution in [0.5, 0.6) is 0 Å². The average molecular weight is 347 g/mol. The number of nitrogens with one attached hydrogen (secondary N) is 2. The van der Waals surface area contributed by atoms with E-state index in [4.69, 9.17) is 0 Å². The molecule has 0 aliphatic carbocycles. The van der Waals surface area contributed by atoms with Crippen molar-refractivity contribution in [2.24, 2.45) is 0 Å². The first-order valence-corrected chi connectivity index (χ1v) is 7.75. The topological polar surface area (TPSA) is 41.1 Å². The van der Waals surface area contributed by atoms with E-state index in [-0.39, 0.29) is 12.5 Å². The minimum absolute atomic E-state index is 0.00243. The van der Waals surface area contributed by atoms with Crippen LogP contribution >= 0.6 is 15.9 Å². The lowest BCUT2D eigenvalue weighted by Gasteiger charge is -2.09. The van der Waals surface area contributed by atoms with Gasteiger partial charge in [0, 0.05) is 16.7 Å². The van der Waals surface area contributed by atoms with E-state index in [0.717, 1.165) is 16.6 Å². The van der Waals surface area contributed by atoms with Crippen LogP contribution in [0.15, 0.2) is 53.0 Å². The van der Waals surface area contributed by atoms with Crippen molar-refractivity contribution >= 4 is 27.5 Å². The van der Waals surface area contributed by atoms with Gasteiger partial charge < -0.3 is 10.6 Å². The second-order valence-corrected chi connectivity index (χ2v) is 5.76. The first-order chi connectivity index (χ1) is 10.1. The Morgan fingerprint density at radius 2 is 1.90 bits per heavy atom. The molecule has 0 bridgehead atoms. The Hall–Kier alpha value is -1.81. The van der Waals surface area contributed by atoms with Crippen LogP contribution in [0.25, 0.3) is 0 Å². The number of amides is 1. The molecule has 0 fully saturated rings. The predicted octanol–water partition coefficient (Wildman–Crippen LogP) is 3.53. The summed E-state index contributed by atoms with van der Waals surface area (Å²) >= 11 is 3.48. The molecule has 21 heavy (non-hydrogen) atoms. The number of carbonyl (C=O) groups excluding carboxylic acids is 1. The Morgan fingerprint density at radius 3 is 2.62 bits per heavy atom. The number of aryl methyl sites for hydroxylation is 1. The van der Waals surface area contributed by atoms with Crippen molar-refractivity contribution in [2.75, 3.05) is 18.4 Å². The van der Waals surface area contributed by atoms with Gasteiger partial charge in [0.15, 0.2) is 0 Å². The average Bonchev–Trinajstić information content (AvgIpc) is 2.49. The van der Waals surface area contributed by atoms with Crippen LogP contribution in [0, 0.1) is 6.92 Å². The van der Waals surface area contributed by atoms with E-state index in [9.17, 15) is 4.79 Å². The third-order valence-corrected chi connectivity index (χ3v) is 4.06. The van der Waals surface area contributed by atoms with Gasteiger partial charge in [0.1, 0.15) is 0 Å². The summed E-state index contributed by atoms with van der Waals surface area (Å²) in [6.45, 7) is 2.97. The number of carbonyl (C=O) groups is 1.